The summed E-state index contributed by atoms with van der Waals surface area (Å²) in [7, 11) is 1.61. The van der Waals surface area contributed by atoms with Crippen molar-refractivity contribution < 1.29 is 14.3 Å². The fourth-order valence-corrected chi connectivity index (χ4v) is 2.53. The number of halogens is 1. The number of hydrogen-bond donors (Lipinski definition) is 0. The topological polar surface area (TPSA) is 38.8 Å². The molecule has 1 aromatic carbocycles. The number of carbonyl (C=O) groups excluding carboxylic acids is 1. The van der Waals surface area contributed by atoms with E-state index in [1.807, 2.05) is 24.0 Å². The first-order valence-electron chi connectivity index (χ1n) is 5.86. The summed E-state index contributed by atoms with van der Waals surface area (Å²) in [5.41, 5.74) is 0.668. The molecule has 1 atom stereocenters. The largest absolute Gasteiger partial charge is 0.496 e. The van der Waals surface area contributed by atoms with E-state index in [4.69, 9.17) is 9.47 Å². The molecule has 1 aliphatic heterocycles. The Morgan fingerprint density at radius 3 is 3.00 bits per heavy atom. The molecule has 98 valence electrons. The van der Waals surface area contributed by atoms with E-state index < -0.39 is 0 Å². The highest BCUT2D eigenvalue weighted by atomic mass is 127. The number of carbonyl (C=O) groups is 1. The van der Waals surface area contributed by atoms with E-state index in [9.17, 15) is 4.79 Å². The molecule has 0 bridgehead atoms. The molecule has 2 rings (SSSR count). The van der Waals surface area contributed by atoms with E-state index in [0.717, 1.165) is 9.32 Å². The standard InChI is InChI=1S/C13H16INO3/c1-9-8-15(5-6-18-9)13(16)10-3-4-11(14)12(7-10)17-2/h3-4,7,9H,5-6,8H2,1-2H3/t9-/m0/s1. The third-order valence-electron chi connectivity index (χ3n) is 2.93. The second kappa shape index (κ2) is 5.88. The van der Waals surface area contributed by atoms with Crippen LogP contribution < -0.4 is 4.74 Å². The van der Waals surface area contributed by atoms with Crippen LogP contribution >= 0.6 is 22.6 Å². The van der Waals surface area contributed by atoms with Gasteiger partial charge in [0.15, 0.2) is 0 Å². The number of methoxy groups -OCH3 is 1. The molecular formula is C13H16INO3. The van der Waals surface area contributed by atoms with Crippen LogP contribution in [0.15, 0.2) is 18.2 Å². The molecule has 0 saturated carbocycles. The molecule has 1 aliphatic rings. The van der Waals surface area contributed by atoms with Gasteiger partial charge in [-0.2, -0.15) is 0 Å². The highest BCUT2D eigenvalue weighted by Crippen LogP contribution is 2.23. The van der Waals surface area contributed by atoms with Crippen molar-refractivity contribution in [3.63, 3.8) is 0 Å². The van der Waals surface area contributed by atoms with Crippen molar-refractivity contribution in [3.8, 4) is 5.75 Å². The molecule has 0 radical (unpaired) electrons. The van der Waals surface area contributed by atoms with Crippen LogP contribution in [-0.2, 0) is 4.74 Å². The summed E-state index contributed by atoms with van der Waals surface area (Å²) >= 11 is 2.19. The van der Waals surface area contributed by atoms with Gasteiger partial charge in [-0.1, -0.05) is 0 Å². The zero-order chi connectivity index (χ0) is 13.1. The van der Waals surface area contributed by atoms with Gasteiger partial charge in [0.2, 0.25) is 0 Å². The Morgan fingerprint density at radius 2 is 2.33 bits per heavy atom. The van der Waals surface area contributed by atoms with Crippen molar-refractivity contribution >= 4 is 28.5 Å². The second-order valence-electron chi connectivity index (χ2n) is 4.28. The van der Waals surface area contributed by atoms with Crippen molar-refractivity contribution in [1.82, 2.24) is 4.90 Å². The van der Waals surface area contributed by atoms with Crippen molar-refractivity contribution in [3.05, 3.63) is 27.3 Å². The fraction of sp³-hybridized carbons (Fsp3) is 0.462. The molecule has 1 amide bonds. The monoisotopic (exact) mass is 361 g/mol. The number of hydrogen-bond acceptors (Lipinski definition) is 3. The summed E-state index contributed by atoms with van der Waals surface area (Å²) in [4.78, 5) is 14.2. The van der Waals surface area contributed by atoms with Gasteiger partial charge in [-0.25, -0.2) is 0 Å². The Hall–Kier alpha value is -0.820. The number of nitrogens with zero attached hydrogens (tertiary/aromatic N) is 1. The van der Waals surface area contributed by atoms with E-state index in [-0.39, 0.29) is 12.0 Å². The van der Waals surface area contributed by atoms with Crippen molar-refractivity contribution in [2.45, 2.75) is 13.0 Å². The zero-order valence-corrected chi connectivity index (χ0v) is 12.6. The molecule has 18 heavy (non-hydrogen) atoms. The Kier molecular flexibility index (Phi) is 4.45. The highest BCUT2D eigenvalue weighted by molar-refractivity contribution is 14.1. The van der Waals surface area contributed by atoms with Crippen LogP contribution in [-0.4, -0.2) is 43.7 Å². The van der Waals surface area contributed by atoms with Gasteiger partial charge in [-0.15, -0.1) is 0 Å². The predicted octanol–water partition coefficient (Wildman–Crippen LogP) is 2.16. The van der Waals surface area contributed by atoms with Gasteiger partial charge in [-0.3, -0.25) is 4.79 Å². The lowest BCUT2D eigenvalue weighted by molar-refractivity contribution is -0.0124. The summed E-state index contributed by atoms with van der Waals surface area (Å²) < 4.78 is 11.7. The lowest BCUT2D eigenvalue weighted by atomic mass is 10.1. The number of morpholine rings is 1. The number of ether oxygens (including phenoxy) is 2. The summed E-state index contributed by atoms with van der Waals surface area (Å²) in [6.45, 7) is 3.88. The van der Waals surface area contributed by atoms with E-state index in [1.54, 1.807) is 13.2 Å². The van der Waals surface area contributed by atoms with Crippen molar-refractivity contribution in [2.24, 2.45) is 0 Å². The predicted molar refractivity (Wildman–Crippen MR) is 77.0 cm³/mol. The number of benzene rings is 1. The summed E-state index contributed by atoms with van der Waals surface area (Å²) in [6.07, 6.45) is 0.105. The molecule has 1 saturated heterocycles. The fourth-order valence-electron chi connectivity index (χ4n) is 1.98. The van der Waals surface area contributed by atoms with E-state index >= 15 is 0 Å². The average molecular weight is 361 g/mol. The first-order valence-corrected chi connectivity index (χ1v) is 6.94. The maximum atomic E-state index is 12.3. The van der Waals surface area contributed by atoms with E-state index in [0.29, 0.717) is 25.3 Å². The number of rotatable bonds is 2. The van der Waals surface area contributed by atoms with Crippen molar-refractivity contribution in [2.75, 3.05) is 26.8 Å². The van der Waals surface area contributed by atoms with Crippen LogP contribution in [0.3, 0.4) is 0 Å². The maximum absolute atomic E-state index is 12.3. The van der Waals surface area contributed by atoms with Crippen LogP contribution in [0.4, 0.5) is 0 Å². The second-order valence-corrected chi connectivity index (χ2v) is 5.44. The molecular weight excluding hydrogens is 345 g/mol. The SMILES string of the molecule is COc1cc(C(=O)N2CCO[C@@H](C)C2)ccc1I. The quantitative estimate of drug-likeness (QED) is 0.758. The van der Waals surface area contributed by atoms with Crippen molar-refractivity contribution in [1.29, 1.82) is 0 Å². The third-order valence-corrected chi connectivity index (χ3v) is 3.82. The molecule has 1 heterocycles. The van der Waals surface area contributed by atoms with Crippen LogP contribution in [0.1, 0.15) is 17.3 Å². The van der Waals surface area contributed by atoms with Gasteiger partial charge in [0.1, 0.15) is 5.75 Å². The first kappa shape index (κ1) is 13.6. The highest BCUT2D eigenvalue weighted by Gasteiger charge is 2.22. The molecule has 4 nitrogen and oxygen atoms in total. The molecule has 0 unspecified atom stereocenters. The Labute approximate surface area is 120 Å². The van der Waals surface area contributed by atoms with Gasteiger partial charge in [0, 0.05) is 18.7 Å². The molecule has 1 fully saturated rings. The third kappa shape index (κ3) is 2.95. The van der Waals surface area contributed by atoms with Gasteiger partial charge in [-0.05, 0) is 47.7 Å². The lowest BCUT2D eigenvalue weighted by Crippen LogP contribution is -2.44. The van der Waals surface area contributed by atoms with Gasteiger partial charge in [0.05, 0.1) is 23.4 Å². The molecule has 0 aromatic heterocycles. The van der Waals surface area contributed by atoms with Crippen LogP contribution in [0.5, 0.6) is 5.75 Å². The molecule has 5 heteroatoms. The Bertz CT molecular complexity index is 450. The summed E-state index contributed by atoms with van der Waals surface area (Å²) in [5, 5.41) is 0. The first-order chi connectivity index (χ1) is 8.61. The summed E-state index contributed by atoms with van der Waals surface area (Å²) in [6, 6.07) is 5.54. The molecule has 0 aliphatic carbocycles. The lowest BCUT2D eigenvalue weighted by Gasteiger charge is -2.31. The molecule has 0 N–H and O–H groups in total. The van der Waals surface area contributed by atoms with Gasteiger partial charge < -0.3 is 14.4 Å². The van der Waals surface area contributed by atoms with E-state index in [1.165, 1.54) is 0 Å². The van der Waals surface area contributed by atoms with Crippen LogP contribution in [0, 0.1) is 3.57 Å². The van der Waals surface area contributed by atoms with E-state index in [2.05, 4.69) is 22.6 Å². The smallest absolute Gasteiger partial charge is 0.254 e. The molecule has 0 spiro atoms. The molecule has 1 aromatic rings. The van der Waals surface area contributed by atoms with Gasteiger partial charge >= 0.3 is 0 Å². The minimum Gasteiger partial charge on any atom is -0.496 e. The minimum absolute atomic E-state index is 0.0415. The Balaban J connectivity index is 2.17. The maximum Gasteiger partial charge on any atom is 0.254 e. The van der Waals surface area contributed by atoms with Gasteiger partial charge in [0.25, 0.3) is 5.91 Å². The average Bonchev–Trinajstić information content (AvgIpc) is 2.38. The van der Waals surface area contributed by atoms with Crippen LogP contribution in [0.2, 0.25) is 0 Å². The van der Waals surface area contributed by atoms with Crippen LogP contribution in [0.25, 0.3) is 0 Å². The number of amides is 1. The zero-order valence-electron chi connectivity index (χ0n) is 10.5. The normalized spacial score (nSPS) is 19.7. The minimum atomic E-state index is 0.0415. The Morgan fingerprint density at radius 1 is 1.56 bits per heavy atom. The summed E-state index contributed by atoms with van der Waals surface area (Å²) in [5.74, 6) is 0.780.